The largest absolute Gasteiger partial charge is 0.395 e. The minimum atomic E-state index is -0.272. The van der Waals surface area contributed by atoms with Crippen molar-refractivity contribution in [3.05, 3.63) is 29.3 Å². The maximum atomic E-state index is 12.0. The number of carbonyl (C=O) groups is 1. The van der Waals surface area contributed by atoms with Gasteiger partial charge >= 0.3 is 0 Å². The van der Waals surface area contributed by atoms with Crippen LogP contribution in [-0.2, 0) is 13.6 Å². The molecular formula is C12H16N6O. The normalized spacial score (nSPS) is 14.6. The molecule has 1 aliphatic carbocycles. The summed E-state index contributed by atoms with van der Waals surface area (Å²) in [7, 11) is 1.83. The van der Waals surface area contributed by atoms with Gasteiger partial charge in [0.2, 0.25) is 0 Å². The van der Waals surface area contributed by atoms with Gasteiger partial charge in [0.1, 0.15) is 0 Å². The molecule has 2 heterocycles. The number of nitrogens with zero attached hydrogens (tertiary/aromatic N) is 3. The van der Waals surface area contributed by atoms with Crippen LogP contribution in [0.4, 0.5) is 5.69 Å². The van der Waals surface area contributed by atoms with E-state index < -0.39 is 0 Å². The van der Waals surface area contributed by atoms with Gasteiger partial charge < -0.3 is 11.1 Å². The molecule has 1 aliphatic rings. The van der Waals surface area contributed by atoms with E-state index >= 15 is 0 Å². The number of rotatable bonds is 4. The van der Waals surface area contributed by atoms with Gasteiger partial charge in [-0.15, -0.1) is 0 Å². The average Bonchev–Trinajstić information content (AvgIpc) is 3.03. The Morgan fingerprint density at radius 3 is 3.05 bits per heavy atom. The molecule has 4 N–H and O–H groups in total. The van der Waals surface area contributed by atoms with Crippen LogP contribution < -0.4 is 11.1 Å². The number of H-pyrrole nitrogens is 1. The van der Waals surface area contributed by atoms with Gasteiger partial charge in [0.25, 0.3) is 5.91 Å². The molecule has 0 spiro atoms. The molecule has 2 aromatic rings. The summed E-state index contributed by atoms with van der Waals surface area (Å²) in [5.41, 5.74) is 8.38. The number of nitrogens with one attached hydrogen (secondary N) is 2. The van der Waals surface area contributed by atoms with Crippen molar-refractivity contribution < 1.29 is 4.79 Å². The molecule has 3 rings (SSSR count). The number of nitrogen functional groups attached to an aromatic ring is 1. The van der Waals surface area contributed by atoms with Gasteiger partial charge in [-0.3, -0.25) is 14.6 Å². The number of aromatic nitrogens is 4. The van der Waals surface area contributed by atoms with Crippen molar-refractivity contribution in [2.75, 3.05) is 5.73 Å². The molecule has 19 heavy (non-hydrogen) atoms. The van der Waals surface area contributed by atoms with Crippen LogP contribution in [0, 0.1) is 0 Å². The molecule has 1 amide bonds. The van der Waals surface area contributed by atoms with Crippen molar-refractivity contribution in [3.8, 4) is 0 Å². The fourth-order valence-electron chi connectivity index (χ4n) is 2.03. The Labute approximate surface area is 110 Å². The van der Waals surface area contributed by atoms with Gasteiger partial charge in [0.15, 0.2) is 5.69 Å². The predicted octanol–water partition coefficient (Wildman–Crippen LogP) is 0.533. The Balaban J connectivity index is 1.66. The summed E-state index contributed by atoms with van der Waals surface area (Å²) >= 11 is 0. The maximum Gasteiger partial charge on any atom is 0.274 e. The fraction of sp³-hybridized carbons (Fsp3) is 0.417. The molecule has 0 bridgehead atoms. The maximum absolute atomic E-state index is 12.0. The molecular weight excluding hydrogens is 244 g/mol. The molecule has 0 saturated heterocycles. The highest BCUT2D eigenvalue weighted by molar-refractivity contribution is 5.97. The Morgan fingerprint density at radius 2 is 2.42 bits per heavy atom. The van der Waals surface area contributed by atoms with Crippen LogP contribution in [0.5, 0.6) is 0 Å². The highest BCUT2D eigenvalue weighted by Crippen LogP contribution is 2.42. The van der Waals surface area contributed by atoms with Crippen molar-refractivity contribution in [1.82, 2.24) is 25.3 Å². The molecule has 0 radical (unpaired) electrons. The SMILES string of the molecule is Cn1ccc(CNC(=O)c2n[nH]c(C3CC3)c2N)n1. The third-order valence-corrected chi connectivity index (χ3v) is 3.23. The second kappa shape index (κ2) is 4.42. The van der Waals surface area contributed by atoms with E-state index in [-0.39, 0.29) is 11.6 Å². The van der Waals surface area contributed by atoms with Crippen LogP contribution in [0.15, 0.2) is 12.3 Å². The first-order chi connectivity index (χ1) is 9.15. The third kappa shape index (κ3) is 2.31. The second-order valence-corrected chi connectivity index (χ2v) is 4.84. The number of aromatic amines is 1. The van der Waals surface area contributed by atoms with Crippen LogP contribution in [0.1, 0.15) is 40.6 Å². The zero-order valence-corrected chi connectivity index (χ0v) is 10.7. The van der Waals surface area contributed by atoms with Crippen LogP contribution >= 0.6 is 0 Å². The van der Waals surface area contributed by atoms with Gasteiger partial charge in [0.05, 0.1) is 23.6 Å². The number of hydrogen-bond acceptors (Lipinski definition) is 4. The van der Waals surface area contributed by atoms with Crippen molar-refractivity contribution in [2.45, 2.75) is 25.3 Å². The quantitative estimate of drug-likeness (QED) is 0.746. The van der Waals surface area contributed by atoms with Crippen molar-refractivity contribution in [3.63, 3.8) is 0 Å². The molecule has 1 fully saturated rings. The minimum absolute atomic E-state index is 0.272. The summed E-state index contributed by atoms with van der Waals surface area (Å²) in [6, 6.07) is 1.85. The van der Waals surface area contributed by atoms with Crippen LogP contribution in [-0.4, -0.2) is 25.9 Å². The molecule has 100 valence electrons. The van der Waals surface area contributed by atoms with Gasteiger partial charge in [0, 0.05) is 19.2 Å². The number of nitrogens with two attached hydrogens (primary N) is 1. The van der Waals surface area contributed by atoms with Crippen molar-refractivity contribution >= 4 is 11.6 Å². The Hall–Kier alpha value is -2.31. The lowest BCUT2D eigenvalue weighted by molar-refractivity contribution is 0.0946. The van der Waals surface area contributed by atoms with Gasteiger partial charge in [-0.25, -0.2) is 0 Å². The predicted molar refractivity (Wildman–Crippen MR) is 69.4 cm³/mol. The lowest BCUT2D eigenvalue weighted by Gasteiger charge is -2.01. The van der Waals surface area contributed by atoms with Gasteiger partial charge in [-0.1, -0.05) is 0 Å². The van der Waals surface area contributed by atoms with E-state index in [1.807, 2.05) is 19.3 Å². The average molecular weight is 260 g/mol. The van der Waals surface area contributed by atoms with Crippen LogP contribution in [0.2, 0.25) is 0 Å². The second-order valence-electron chi connectivity index (χ2n) is 4.84. The van der Waals surface area contributed by atoms with E-state index in [0.29, 0.717) is 18.2 Å². The number of hydrogen-bond donors (Lipinski definition) is 3. The highest BCUT2D eigenvalue weighted by atomic mass is 16.1. The Morgan fingerprint density at radius 1 is 1.63 bits per heavy atom. The van der Waals surface area contributed by atoms with E-state index in [0.717, 1.165) is 24.2 Å². The van der Waals surface area contributed by atoms with E-state index in [9.17, 15) is 4.79 Å². The number of anilines is 1. The molecule has 7 nitrogen and oxygen atoms in total. The molecule has 0 aliphatic heterocycles. The third-order valence-electron chi connectivity index (χ3n) is 3.23. The number of amides is 1. The summed E-state index contributed by atoms with van der Waals surface area (Å²) in [6.07, 6.45) is 4.05. The monoisotopic (exact) mass is 260 g/mol. The lowest BCUT2D eigenvalue weighted by atomic mass is 10.2. The van der Waals surface area contributed by atoms with Crippen molar-refractivity contribution in [1.29, 1.82) is 0 Å². The fourth-order valence-corrected chi connectivity index (χ4v) is 2.03. The first kappa shape index (κ1) is 11.8. The van der Waals surface area contributed by atoms with Crippen molar-refractivity contribution in [2.24, 2.45) is 7.05 Å². The topological polar surface area (TPSA) is 102 Å². The first-order valence-electron chi connectivity index (χ1n) is 6.25. The van der Waals surface area contributed by atoms with Gasteiger partial charge in [-0.05, 0) is 18.9 Å². The van der Waals surface area contributed by atoms with E-state index in [2.05, 4.69) is 20.6 Å². The van der Waals surface area contributed by atoms with Crippen LogP contribution in [0.25, 0.3) is 0 Å². The summed E-state index contributed by atoms with van der Waals surface area (Å²) in [4.78, 5) is 12.0. The molecule has 0 unspecified atom stereocenters. The summed E-state index contributed by atoms with van der Waals surface area (Å²) in [5.74, 6) is 0.177. The molecule has 2 aromatic heterocycles. The van der Waals surface area contributed by atoms with E-state index in [1.165, 1.54) is 0 Å². The zero-order chi connectivity index (χ0) is 13.4. The molecule has 0 aromatic carbocycles. The lowest BCUT2D eigenvalue weighted by Crippen LogP contribution is -2.24. The summed E-state index contributed by atoms with van der Waals surface area (Å²) in [5, 5.41) is 13.8. The minimum Gasteiger partial charge on any atom is -0.395 e. The molecule has 7 heteroatoms. The smallest absolute Gasteiger partial charge is 0.274 e. The number of carbonyl (C=O) groups excluding carboxylic acids is 1. The zero-order valence-electron chi connectivity index (χ0n) is 10.7. The Bertz CT molecular complexity index is 610. The standard InChI is InChI=1S/C12H16N6O/c1-18-5-4-8(17-18)6-14-12(19)11-9(13)10(15-16-11)7-2-3-7/h4-5,7H,2-3,6,13H2,1H3,(H,14,19)(H,15,16). The Kier molecular flexibility index (Phi) is 2.73. The van der Waals surface area contributed by atoms with Crippen LogP contribution in [0.3, 0.4) is 0 Å². The van der Waals surface area contributed by atoms with E-state index in [1.54, 1.807) is 4.68 Å². The summed E-state index contributed by atoms with van der Waals surface area (Å²) < 4.78 is 1.69. The number of aryl methyl sites for hydroxylation is 1. The molecule has 0 atom stereocenters. The first-order valence-corrected chi connectivity index (χ1v) is 6.25. The van der Waals surface area contributed by atoms with Gasteiger partial charge in [-0.2, -0.15) is 10.2 Å². The summed E-state index contributed by atoms with van der Waals surface area (Å²) in [6.45, 7) is 0.366. The molecule has 1 saturated carbocycles. The van der Waals surface area contributed by atoms with E-state index in [4.69, 9.17) is 5.73 Å². The highest BCUT2D eigenvalue weighted by Gasteiger charge is 2.30.